The third-order valence-electron chi connectivity index (χ3n) is 4.63. The third kappa shape index (κ3) is 4.46. The van der Waals surface area contributed by atoms with E-state index < -0.39 is 21.5 Å². The van der Waals surface area contributed by atoms with Gasteiger partial charge in [-0.15, -0.1) is 0 Å². The summed E-state index contributed by atoms with van der Waals surface area (Å²) in [6.45, 7) is 0. The summed E-state index contributed by atoms with van der Waals surface area (Å²) in [5, 5.41) is 11.8. The van der Waals surface area contributed by atoms with Crippen LogP contribution in [0.1, 0.15) is 36.0 Å². The molecule has 8 heteroatoms. The second-order valence-corrected chi connectivity index (χ2v) is 8.34. The van der Waals surface area contributed by atoms with Crippen LogP contribution in [0.15, 0.2) is 59.5 Å². The number of hydrogen-bond acceptors (Lipinski definition) is 4. The van der Waals surface area contributed by atoms with Crippen molar-refractivity contribution in [3.8, 4) is 0 Å². The molecule has 0 unspecified atom stereocenters. The maximum absolute atomic E-state index is 12.4. The molecule has 1 aliphatic rings. The van der Waals surface area contributed by atoms with Gasteiger partial charge in [-0.2, -0.15) is 0 Å². The Morgan fingerprint density at radius 2 is 1.63 bits per heavy atom. The minimum Gasteiger partial charge on any atom is -0.481 e. The van der Waals surface area contributed by atoms with Gasteiger partial charge in [-0.25, -0.2) is 8.42 Å². The fraction of sp³-hybridized carbons (Fsp3) is 0.263. The zero-order valence-electron chi connectivity index (χ0n) is 14.5. The number of carbonyl (C=O) groups is 2. The van der Waals surface area contributed by atoms with Crippen molar-refractivity contribution in [3.63, 3.8) is 0 Å². The highest BCUT2D eigenvalue weighted by atomic mass is 32.2. The van der Waals surface area contributed by atoms with E-state index in [1.54, 1.807) is 18.2 Å². The molecule has 0 bridgehead atoms. The lowest BCUT2D eigenvalue weighted by molar-refractivity contribution is -0.139. The molecule has 0 heterocycles. The number of nitrogens with one attached hydrogen (secondary N) is 2. The Balaban J connectivity index is 1.68. The van der Waals surface area contributed by atoms with Crippen molar-refractivity contribution in [1.29, 1.82) is 0 Å². The molecule has 2 aromatic carbocycles. The van der Waals surface area contributed by atoms with Gasteiger partial charge in [0, 0.05) is 11.3 Å². The number of aliphatic carboxylic acids is 1. The van der Waals surface area contributed by atoms with Gasteiger partial charge in [0.1, 0.15) is 0 Å². The van der Waals surface area contributed by atoms with Crippen molar-refractivity contribution in [1.82, 2.24) is 5.32 Å². The number of sulfonamides is 1. The van der Waals surface area contributed by atoms with E-state index in [2.05, 4.69) is 10.0 Å². The van der Waals surface area contributed by atoms with Gasteiger partial charge in [0.2, 0.25) is 0 Å². The fourth-order valence-corrected chi connectivity index (χ4v) is 4.14. The topological polar surface area (TPSA) is 113 Å². The zero-order chi connectivity index (χ0) is 19.5. The van der Waals surface area contributed by atoms with E-state index in [0.29, 0.717) is 24.1 Å². The van der Waals surface area contributed by atoms with Gasteiger partial charge in [-0.05, 0) is 55.7 Å². The average molecular weight is 388 g/mol. The lowest BCUT2D eigenvalue weighted by Gasteiger charge is -2.41. The van der Waals surface area contributed by atoms with E-state index >= 15 is 0 Å². The summed E-state index contributed by atoms with van der Waals surface area (Å²) in [6, 6.07) is 14.0. The summed E-state index contributed by atoms with van der Waals surface area (Å²) in [6.07, 6.45) is 2.06. The van der Waals surface area contributed by atoms with E-state index in [1.807, 2.05) is 0 Å². The molecular weight excluding hydrogens is 368 g/mol. The lowest BCUT2D eigenvalue weighted by atomic mass is 9.74. The van der Waals surface area contributed by atoms with Crippen molar-refractivity contribution in [3.05, 3.63) is 60.2 Å². The molecule has 0 atom stereocenters. The molecule has 0 saturated heterocycles. The standard InChI is InChI=1S/C19H20N2O5S/c22-17(23)13-19(11-4-12-19)20-18(24)14-7-9-15(10-8-14)21-27(25,26)16-5-2-1-3-6-16/h1-3,5-10,21H,4,11-13H2,(H,20,24)(H,22,23). The maximum atomic E-state index is 12.4. The molecule has 1 aliphatic carbocycles. The molecule has 2 aromatic rings. The average Bonchev–Trinajstić information content (AvgIpc) is 2.60. The normalized spacial score (nSPS) is 15.4. The number of rotatable bonds is 7. The highest BCUT2D eigenvalue weighted by Crippen LogP contribution is 2.35. The van der Waals surface area contributed by atoms with Gasteiger partial charge in [0.15, 0.2) is 0 Å². The lowest BCUT2D eigenvalue weighted by Crippen LogP contribution is -2.54. The van der Waals surface area contributed by atoms with Crippen LogP contribution in [0.25, 0.3) is 0 Å². The van der Waals surface area contributed by atoms with Gasteiger partial charge in [-0.1, -0.05) is 18.2 Å². The Bertz CT molecular complexity index is 936. The summed E-state index contributed by atoms with van der Waals surface area (Å²) in [5.74, 6) is -1.31. The van der Waals surface area contributed by atoms with Gasteiger partial charge in [-0.3, -0.25) is 14.3 Å². The van der Waals surface area contributed by atoms with E-state index in [4.69, 9.17) is 5.11 Å². The fourth-order valence-electron chi connectivity index (χ4n) is 3.06. The maximum Gasteiger partial charge on any atom is 0.305 e. The predicted molar refractivity (Wildman–Crippen MR) is 100.0 cm³/mol. The number of carboxylic acid groups (broad SMARTS) is 1. The molecule has 0 spiro atoms. The van der Waals surface area contributed by atoms with Crippen LogP contribution in [0.5, 0.6) is 0 Å². The Morgan fingerprint density at radius 3 is 2.15 bits per heavy atom. The highest BCUT2D eigenvalue weighted by molar-refractivity contribution is 7.92. The predicted octanol–water partition coefficient (Wildman–Crippen LogP) is 2.61. The number of carboxylic acids is 1. The second-order valence-electron chi connectivity index (χ2n) is 6.65. The van der Waals surface area contributed by atoms with Crippen LogP contribution in [0, 0.1) is 0 Å². The van der Waals surface area contributed by atoms with Crippen LogP contribution < -0.4 is 10.0 Å². The van der Waals surface area contributed by atoms with Crippen molar-refractivity contribution < 1.29 is 23.1 Å². The summed E-state index contributed by atoms with van der Waals surface area (Å²) >= 11 is 0. The monoisotopic (exact) mass is 388 g/mol. The quantitative estimate of drug-likeness (QED) is 0.675. The molecular formula is C19H20N2O5S. The van der Waals surface area contributed by atoms with Crippen LogP contribution in [0.3, 0.4) is 0 Å². The molecule has 1 fully saturated rings. The molecule has 142 valence electrons. The first-order valence-electron chi connectivity index (χ1n) is 8.52. The number of carbonyl (C=O) groups excluding carboxylic acids is 1. The van der Waals surface area contributed by atoms with E-state index in [9.17, 15) is 18.0 Å². The first-order chi connectivity index (χ1) is 12.8. The van der Waals surface area contributed by atoms with Crippen molar-refractivity contribution in [2.45, 2.75) is 36.1 Å². The number of benzene rings is 2. The Kier molecular flexibility index (Phi) is 5.18. The Hall–Kier alpha value is -2.87. The van der Waals surface area contributed by atoms with E-state index in [-0.39, 0.29) is 17.2 Å². The van der Waals surface area contributed by atoms with E-state index in [1.165, 1.54) is 36.4 Å². The molecule has 0 radical (unpaired) electrons. The largest absolute Gasteiger partial charge is 0.481 e. The first kappa shape index (κ1) is 18.9. The SMILES string of the molecule is O=C(O)CC1(NC(=O)c2ccc(NS(=O)(=O)c3ccccc3)cc2)CCC1. The van der Waals surface area contributed by atoms with Crippen LogP contribution >= 0.6 is 0 Å². The van der Waals surface area contributed by atoms with Gasteiger partial charge in [0.25, 0.3) is 15.9 Å². The van der Waals surface area contributed by atoms with E-state index in [0.717, 1.165) is 6.42 Å². The molecule has 1 saturated carbocycles. The van der Waals surface area contributed by atoms with Gasteiger partial charge in [0.05, 0.1) is 16.9 Å². The van der Waals surface area contributed by atoms with Crippen molar-refractivity contribution in [2.24, 2.45) is 0 Å². The molecule has 27 heavy (non-hydrogen) atoms. The number of anilines is 1. The second kappa shape index (κ2) is 7.40. The molecule has 0 aromatic heterocycles. The minimum atomic E-state index is -3.70. The Labute approximate surface area is 157 Å². The summed E-state index contributed by atoms with van der Waals surface area (Å²) in [5.41, 5.74) is -0.00939. The Morgan fingerprint density at radius 1 is 1.00 bits per heavy atom. The van der Waals surface area contributed by atoms with Crippen molar-refractivity contribution in [2.75, 3.05) is 4.72 Å². The first-order valence-corrected chi connectivity index (χ1v) is 10.0. The summed E-state index contributed by atoms with van der Waals surface area (Å²) in [4.78, 5) is 23.6. The molecule has 1 amide bonds. The highest BCUT2D eigenvalue weighted by Gasteiger charge is 2.40. The van der Waals surface area contributed by atoms with Crippen LogP contribution in [0.4, 0.5) is 5.69 Å². The number of amides is 1. The summed E-state index contributed by atoms with van der Waals surface area (Å²) in [7, 11) is -3.70. The van der Waals surface area contributed by atoms with Gasteiger partial charge < -0.3 is 10.4 Å². The van der Waals surface area contributed by atoms with Crippen LogP contribution in [0.2, 0.25) is 0 Å². The van der Waals surface area contributed by atoms with Gasteiger partial charge >= 0.3 is 5.97 Å². The molecule has 3 rings (SSSR count). The molecule has 7 nitrogen and oxygen atoms in total. The van der Waals surface area contributed by atoms with Crippen LogP contribution in [-0.2, 0) is 14.8 Å². The molecule has 3 N–H and O–H groups in total. The smallest absolute Gasteiger partial charge is 0.305 e. The van der Waals surface area contributed by atoms with Crippen LogP contribution in [-0.4, -0.2) is 30.9 Å². The molecule has 0 aliphatic heterocycles. The third-order valence-corrected chi connectivity index (χ3v) is 6.03. The zero-order valence-corrected chi connectivity index (χ0v) is 15.3. The minimum absolute atomic E-state index is 0.103. The summed E-state index contributed by atoms with van der Waals surface area (Å²) < 4.78 is 27.1. The number of hydrogen-bond donors (Lipinski definition) is 3. The van der Waals surface area contributed by atoms with Crippen molar-refractivity contribution >= 4 is 27.6 Å².